The molecule has 0 saturated heterocycles. The van der Waals surface area contributed by atoms with E-state index in [1.807, 2.05) is 0 Å². The number of carbonyl (C=O) groups excluding carboxylic acids is 1. The highest BCUT2D eigenvalue weighted by Crippen LogP contribution is 2.26. The molecule has 0 aliphatic rings. The number of hydrogen-bond acceptors (Lipinski definition) is 3. The lowest BCUT2D eigenvalue weighted by Gasteiger charge is -2.08. The minimum atomic E-state index is 0. The summed E-state index contributed by atoms with van der Waals surface area (Å²) in [4.78, 5) is 11.8. The number of phenolic OH excluding ortho intramolecular Hbond substituents is 1. The highest BCUT2D eigenvalue weighted by Gasteiger charge is 2.04. The maximum Gasteiger partial charge on any atom is 0.220 e. The summed E-state index contributed by atoms with van der Waals surface area (Å²) < 4.78 is 5.04. The van der Waals surface area contributed by atoms with Crippen molar-refractivity contribution in [2.24, 2.45) is 5.92 Å². The lowest BCUT2D eigenvalue weighted by atomic mass is 10.1. The molecule has 0 aliphatic heterocycles. The molecule has 0 atom stereocenters. The zero-order chi connectivity index (χ0) is 16.4. The summed E-state index contributed by atoms with van der Waals surface area (Å²) in [6.45, 7) is 4.76. The van der Waals surface area contributed by atoms with Crippen molar-refractivity contribution in [3.05, 3.63) is 35.9 Å². The highest BCUT2D eigenvalue weighted by atomic mass is 127. The standard InChI is InChI=1S/C18H27NO3.HI.H2/c1-14(2)8-6-4-5-7-9-18(21)19-13-15-10-11-16(20)17(12-15)22-3;;/h6,8,10-12,14,20H,4-5,7,9,13H2,1-3H3,(H,19,21);2*1H/b8-6-;;. The Balaban J connectivity index is 0. The summed E-state index contributed by atoms with van der Waals surface area (Å²) in [6, 6.07) is 5.07. The number of methoxy groups -OCH3 is 1. The maximum atomic E-state index is 11.8. The van der Waals surface area contributed by atoms with Crippen molar-refractivity contribution >= 4 is 29.9 Å². The van der Waals surface area contributed by atoms with Gasteiger partial charge in [-0.15, -0.1) is 24.0 Å². The molecule has 4 nitrogen and oxygen atoms in total. The summed E-state index contributed by atoms with van der Waals surface area (Å²) in [7, 11) is 1.51. The zero-order valence-corrected chi connectivity index (χ0v) is 16.5. The Morgan fingerprint density at radius 1 is 1.39 bits per heavy atom. The molecular formula is C18H30INO3. The Morgan fingerprint density at radius 2 is 2.13 bits per heavy atom. The largest absolute Gasteiger partial charge is 0.504 e. The van der Waals surface area contributed by atoms with E-state index < -0.39 is 0 Å². The number of ether oxygens (including phenoxy) is 1. The lowest BCUT2D eigenvalue weighted by Crippen LogP contribution is -2.22. The van der Waals surface area contributed by atoms with Crippen molar-refractivity contribution in [3.8, 4) is 11.5 Å². The van der Waals surface area contributed by atoms with E-state index in [4.69, 9.17) is 4.74 Å². The van der Waals surface area contributed by atoms with E-state index in [-0.39, 0.29) is 37.1 Å². The SMILES string of the molecule is COc1cc(CNC(=O)CCCC/C=C\C(C)C)ccc1O.I.[HH]. The third-order valence-corrected chi connectivity index (χ3v) is 3.28. The van der Waals surface area contributed by atoms with Gasteiger partial charge in [-0.1, -0.05) is 32.1 Å². The summed E-state index contributed by atoms with van der Waals surface area (Å²) in [5.74, 6) is 1.17. The Bertz CT molecular complexity index is 507. The van der Waals surface area contributed by atoms with E-state index in [1.165, 1.54) is 7.11 Å². The number of nitrogens with one attached hydrogen (secondary N) is 1. The van der Waals surface area contributed by atoms with Crippen LogP contribution in [0.5, 0.6) is 11.5 Å². The fraction of sp³-hybridized carbons (Fsp3) is 0.500. The number of benzene rings is 1. The second-order valence-electron chi connectivity index (χ2n) is 5.70. The number of halogens is 1. The van der Waals surface area contributed by atoms with Crippen LogP contribution in [0.15, 0.2) is 30.4 Å². The minimum Gasteiger partial charge on any atom is -0.504 e. The monoisotopic (exact) mass is 435 g/mol. The van der Waals surface area contributed by atoms with Crippen molar-refractivity contribution in [3.63, 3.8) is 0 Å². The smallest absolute Gasteiger partial charge is 0.220 e. The van der Waals surface area contributed by atoms with Gasteiger partial charge in [0.25, 0.3) is 0 Å². The number of phenols is 1. The molecule has 0 spiro atoms. The Morgan fingerprint density at radius 3 is 2.78 bits per heavy atom. The quantitative estimate of drug-likeness (QED) is 0.337. The molecule has 5 heteroatoms. The van der Waals surface area contributed by atoms with Crippen molar-refractivity contribution in [2.75, 3.05) is 7.11 Å². The summed E-state index contributed by atoms with van der Waals surface area (Å²) in [5, 5.41) is 12.4. The molecule has 0 unspecified atom stereocenters. The summed E-state index contributed by atoms with van der Waals surface area (Å²) in [5.41, 5.74) is 0.905. The van der Waals surface area contributed by atoms with Crippen molar-refractivity contribution in [1.29, 1.82) is 0 Å². The topological polar surface area (TPSA) is 58.6 Å². The van der Waals surface area contributed by atoms with Crippen LogP contribution in [0.4, 0.5) is 0 Å². The normalized spacial score (nSPS) is 10.6. The molecule has 1 aromatic rings. The van der Waals surface area contributed by atoms with Crippen LogP contribution < -0.4 is 10.1 Å². The third kappa shape index (κ3) is 9.48. The number of carbonyl (C=O) groups is 1. The van der Waals surface area contributed by atoms with Gasteiger partial charge < -0.3 is 15.2 Å². The van der Waals surface area contributed by atoms with Gasteiger partial charge in [-0.3, -0.25) is 4.79 Å². The van der Waals surface area contributed by atoms with Gasteiger partial charge >= 0.3 is 0 Å². The summed E-state index contributed by atoms with van der Waals surface area (Å²) in [6.07, 6.45) is 7.88. The molecular weight excluding hydrogens is 405 g/mol. The molecule has 23 heavy (non-hydrogen) atoms. The second kappa shape index (κ2) is 12.2. The van der Waals surface area contributed by atoms with E-state index in [9.17, 15) is 9.90 Å². The van der Waals surface area contributed by atoms with E-state index in [1.54, 1.807) is 18.2 Å². The van der Waals surface area contributed by atoms with Crippen LogP contribution in [0.2, 0.25) is 0 Å². The first kappa shape index (κ1) is 21.8. The molecule has 1 rings (SSSR count). The number of amides is 1. The van der Waals surface area contributed by atoms with Crippen LogP contribution in [-0.2, 0) is 11.3 Å². The first-order valence-electron chi connectivity index (χ1n) is 7.82. The number of rotatable bonds is 9. The zero-order valence-electron chi connectivity index (χ0n) is 14.2. The average Bonchev–Trinajstić information content (AvgIpc) is 2.49. The van der Waals surface area contributed by atoms with Gasteiger partial charge in [0.1, 0.15) is 0 Å². The fourth-order valence-electron chi connectivity index (χ4n) is 2.04. The predicted molar refractivity (Wildman–Crippen MR) is 106 cm³/mol. The number of unbranched alkanes of at least 4 members (excludes halogenated alkanes) is 2. The Hall–Kier alpha value is -1.24. The molecule has 0 fully saturated rings. The van der Waals surface area contributed by atoms with E-state index >= 15 is 0 Å². The number of aromatic hydroxyl groups is 1. The van der Waals surface area contributed by atoms with Crippen LogP contribution >= 0.6 is 24.0 Å². The highest BCUT2D eigenvalue weighted by molar-refractivity contribution is 14.0. The van der Waals surface area contributed by atoms with E-state index in [0.29, 0.717) is 24.6 Å². The van der Waals surface area contributed by atoms with Crippen LogP contribution in [0.1, 0.15) is 46.5 Å². The summed E-state index contributed by atoms with van der Waals surface area (Å²) >= 11 is 0. The predicted octanol–water partition coefficient (Wildman–Crippen LogP) is 4.65. The van der Waals surface area contributed by atoms with Crippen molar-refractivity contribution < 1.29 is 16.1 Å². The molecule has 0 heterocycles. The third-order valence-electron chi connectivity index (χ3n) is 3.28. The van der Waals surface area contributed by atoms with Crippen LogP contribution in [-0.4, -0.2) is 18.1 Å². The number of hydrogen-bond donors (Lipinski definition) is 2. The first-order chi connectivity index (χ1) is 10.5. The van der Waals surface area contributed by atoms with Gasteiger partial charge in [0.05, 0.1) is 7.11 Å². The Kier molecular flexibility index (Phi) is 11.6. The molecule has 0 saturated carbocycles. The van der Waals surface area contributed by atoms with E-state index in [2.05, 4.69) is 31.3 Å². The molecule has 1 amide bonds. The van der Waals surface area contributed by atoms with Crippen LogP contribution in [0, 0.1) is 5.92 Å². The van der Waals surface area contributed by atoms with Gasteiger partial charge in [0.15, 0.2) is 11.5 Å². The molecule has 1 aromatic carbocycles. The molecule has 0 aliphatic carbocycles. The Labute approximate surface area is 157 Å². The van der Waals surface area contributed by atoms with Gasteiger partial charge in [-0.25, -0.2) is 0 Å². The van der Waals surface area contributed by atoms with Gasteiger partial charge in [0, 0.05) is 14.4 Å². The number of allylic oxidation sites excluding steroid dienone is 2. The first-order valence-corrected chi connectivity index (χ1v) is 7.82. The van der Waals surface area contributed by atoms with Gasteiger partial charge in [-0.2, -0.15) is 0 Å². The second-order valence-corrected chi connectivity index (χ2v) is 5.70. The molecule has 0 bridgehead atoms. The maximum absolute atomic E-state index is 11.8. The molecule has 132 valence electrons. The average molecular weight is 435 g/mol. The minimum absolute atomic E-state index is 0. The molecule has 2 N–H and O–H groups in total. The fourth-order valence-corrected chi connectivity index (χ4v) is 2.04. The molecule has 0 aromatic heterocycles. The van der Waals surface area contributed by atoms with Crippen molar-refractivity contribution in [2.45, 2.75) is 46.1 Å². The van der Waals surface area contributed by atoms with Crippen molar-refractivity contribution in [1.82, 2.24) is 5.32 Å². The van der Waals surface area contributed by atoms with Gasteiger partial charge in [0.2, 0.25) is 5.91 Å². The van der Waals surface area contributed by atoms with Crippen LogP contribution in [0.3, 0.4) is 0 Å². The lowest BCUT2D eigenvalue weighted by molar-refractivity contribution is -0.121. The van der Waals surface area contributed by atoms with Crippen LogP contribution in [0.25, 0.3) is 0 Å². The molecule has 0 radical (unpaired) electrons. The van der Waals surface area contributed by atoms with Gasteiger partial charge in [-0.05, 0) is 42.9 Å². The van der Waals surface area contributed by atoms with E-state index in [0.717, 1.165) is 24.8 Å².